The van der Waals surface area contributed by atoms with Gasteiger partial charge in [0.05, 0.1) is 0 Å². The van der Waals surface area contributed by atoms with E-state index in [1.807, 2.05) is 24.3 Å². The maximum absolute atomic E-state index is 5.99. The lowest BCUT2D eigenvalue weighted by Crippen LogP contribution is -1.96. The van der Waals surface area contributed by atoms with Gasteiger partial charge < -0.3 is 10.5 Å². The van der Waals surface area contributed by atoms with E-state index in [4.69, 9.17) is 10.5 Å². The van der Waals surface area contributed by atoms with Gasteiger partial charge in [0.25, 0.3) is 0 Å². The Morgan fingerprint density at radius 1 is 1.11 bits per heavy atom. The number of hydrogen-bond donors (Lipinski definition) is 1. The standard InChI is InChI=1S/C16H18BrNO/c1-10(2)14-9-15(17)11(3)8-16(14)19-13-6-4-12(18)5-7-13/h4-10H,18H2,1-3H3. The molecular formula is C16H18BrNO. The highest BCUT2D eigenvalue weighted by molar-refractivity contribution is 9.10. The third kappa shape index (κ3) is 3.29. The second-order valence-corrected chi connectivity index (χ2v) is 5.82. The predicted molar refractivity (Wildman–Crippen MR) is 83.9 cm³/mol. The molecule has 2 nitrogen and oxygen atoms in total. The summed E-state index contributed by atoms with van der Waals surface area (Å²) in [5.74, 6) is 2.11. The van der Waals surface area contributed by atoms with E-state index in [0.717, 1.165) is 27.2 Å². The van der Waals surface area contributed by atoms with Crippen molar-refractivity contribution in [1.82, 2.24) is 0 Å². The van der Waals surface area contributed by atoms with Crippen molar-refractivity contribution < 1.29 is 4.74 Å². The lowest BCUT2D eigenvalue weighted by atomic mass is 10.0. The molecule has 0 amide bonds. The first-order valence-corrected chi connectivity index (χ1v) is 7.10. The molecule has 2 aromatic rings. The van der Waals surface area contributed by atoms with Crippen molar-refractivity contribution >= 4 is 21.6 Å². The zero-order valence-corrected chi connectivity index (χ0v) is 13.0. The fourth-order valence-corrected chi connectivity index (χ4v) is 2.23. The van der Waals surface area contributed by atoms with Gasteiger partial charge in [-0.3, -0.25) is 0 Å². The summed E-state index contributed by atoms with van der Waals surface area (Å²) in [7, 11) is 0. The van der Waals surface area contributed by atoms with Gasteiger partial charge in [0, 0.05) is 10.2 Å². The maximum atomic E-state index is 5.99. The van der Waals surface area contributed by atoms with Crippen LogP contribution in [-0.4, -0.2) is 0 Å². The number of ether oxygens (including phenoxy) is 1. The van der Waals surface area contributed by atoms with Gasteiger partial charge in [0.15, 0.2) is 0 Å². The molecule has 2 aromatic carbocycles. The first-order valence-electron chi connectivity index (χ1n) is 6.31. The van der Waals surface area contributed by atoms with Gasteiger partial charge in [-0.05, 0) is 60.4 Å². The number of anilines is 1. The summed E-state index contributed by atoms with van der Waals surface area (Å²) in [5, 5.41) is 0. The van der Waals surface area contributed by atoms with Crippen LogP contribution in [0.1, 0.15) is 30.9 Å². The Bertz CT molecular complexity index is 576. The van der Waals surface area contributed by atoms with E-state index in [-0.39, 0.29) is 0 Å². The van der Waals surface area contributed by atoms with Crippen LogP contribution in [0.15, 0.2) is 40.9 Å². The molecule has 0 fully saturated rings. The molecule has 0 aliphatic rings. The summed E-state index contributed by atoms with van der Waals surface area (Å²) >= 11 is 3.57. The summed E-state index contributed by atoms with van der Waals surface area (Å²) in [6.07, 6.45) is 0. The molecule has 0 aliphatic carbocycles. The van der Waals surface area contributed by atoms with Crippen LogP contribution in [0.25, 0.3) is 0 Å². The number of aryl methyl sites for hydroxylation is 1. The number of benzene rings is 2. The molecule has 19 heavy (non-hydrogen) atoms. The number of hydrogen-bond acceptors (Lipinski definition) is 2. The molecule has 0 unspecified atom stereocenters. The lowest BCUT2D eigenvalue weighted by molar-refractivity contribution is 0.472. The molecule has 0 aliphatic heterocycles. The number of halogens is 1. The van der Waals surface area contributed by atoms with Crippen molar-refractivity contribution in [1.29, 1.82) is 0 Å². The van der Waals surface area contributed by atoms with E-state index in [9.17, 15) is 0 Å². The molecule has 0 saturated heterocycles. The van der Waals surface area contributed by atoms with Gasteiger partial charge in [-0.1, -0.05) is 29.8 Å². The number of nitrogens with two attached hydrogens (primary N) is 1. The summed E-state index contributed by atoms with van der Waals surface area (Å²) in [5.41, 5.74) is 8.77. The Balaban J connectivity index is 2.38. The lowest BCUT2D eigenvalue weighted by Gasteiger charge is -2.16. The zero-order valence-electron chi connectivity index (χ0n) is 11.4. The number of rotatable bonds is 3. The van der Waals surface area contributed by atoms with Crippen molar-refractivity contribution in [3.63, 3.8) is 0 Å². The Hall–Kier alpha value is -1.48. The Morgan fingerprint density at radius 3 is 2.32 bits per heavy atom. The topological polar surface area (TPSA) is 35.2 Å². The average Bonchev–Trinajstić information content (AvgIpc) is 2.36. The summed E-state index contributed by atoms with van der Waals surface area (Å²) in [6.45, 7) is 6.38. The van der Waals surface area contributed by atoms with Crippen LogP contribution in [0.2, 0.25) is 0 Å². The molecule has 3 heteroatoms. The molecule has 2 N–H and O–H groups in total. The maximum Gasteiger partial charge on any atom is 0.131 e. The van der Waals surface area contributed by atoms with Gasteiger partial charge in [0.2, 0.25) is 0 Å². The fourth-order valence-electron chi connectivity index (χ4n) is 1.87. The van der Waals surface area contributed by atoms with Crippen LogP contribution in [0.4, 0.5) is 5.69 Å². The van der Waals surface area contributed by atoms with Crippen LogP contribution >= 0.6 is 15.9 Å². The molecular weight excluding hydrogens is 302 g/mol. The van der Waals surface area contributed by atoms with Crippen molar-refractivity contribution in [3.8, 4) is 11.5 Å². The zero-order chi connectivity index (χ0) is 14.0. The fraction of sp³-hybridized carbons (Fsp3) is 0.250. The quantitative estimate of drug-likeness (QED) is 0.783. The second-order valence-electron chi connectivity index (χ2n) is 4.97. The SMILES string of the molecule is Cc1cc(Oc2ccc(N)cc2)c(C(C)C)cc1Br. The third-order valence-corrected chi connectivity index (χ3v) is 3.88. The minimum Gasteiger partial charge on any atom is -0.457 e. The molecule has 0 saturated carbocycles. The molecule has 0 spiro atoms. The van der Waals surface area contributed by atoms with E-state index in [1.54, 1.807) is 0 Å². The van der Waals surface area contributed by atoms with Gasteiger partial charge in [-0.15, -0.1) is 0 Å². The Morgan fingerprint density at radius 2 is 1.74 bits per heavy atom. The molecule has 0 radical (unpaired) electrons. The smallest absolute Gasteiger partial charge is 0.131 e. The molecule has 0 atom stereocenters. The summed E-state index contributed by atoms with van der Waals surface area (Å²) in [6, 6.07) is 11.7. The average molecular weight is 320 g/mol. The van der Waals surface area contributed by atoms with E-state index < -0.39 is 0 Å². The van der Waals surface area contributed by atoms with Crippen molar-refractivity contribution in [2.75, 3.05) is 5.73 Å². The van der Waals surface area contributed by atoms with Crippen LogP contribution in [0.5, 0.6) is 11.5 Å². The van der Waals surface area contributed by atoms with E-state index in [2.05, 4.69) is 48.8 Å². The predicted octanol–water partition coefficient (Wildman–Crippen LogP) is 5.26. The highest BCUT2D eigenvalue weighted by atomic mass is 79.9. The van der Waals surface area contributed by atoms with Crippen LogP contribution in [0, 0.1) is 6.92 Å². The largest absolute Gasteiger partial charge is 0.457 e. The van der Waals surface area contributed by atoms with Gasteiger partial charge >= 0.3 is 0 Å². The van der Waals surface area contributed by atoms with E-state index >= 15 is 0 Å². The van der Waals surface area contributed by atoms with E-state index in [1.165, 1.54) is 5.56 Å². The summed E-state index contributed by atoms with van der Waals surface area (Å²) < 4.78 is 7.10. The van der Waals surface area contributed by atoms with E-state index in [0.29, 0.717) is 5.92 Å². The summed E-state index contributed by atoms with van der Waals surface area (Å²) in [4.78, 5) is 0. The molecule has 0 aromatic heterocycles. The van der Waals surface area contributed by atoms with Gasteiger partial charge in [-0.25, -0.2) is 0 Å². The highest BCUT2D eigenvalue weighted by Gasteiger charge is 2.11. The minimum absolute atomic E-state index is 0.403. The molecule has 0 heterocycles. The third-order valence-electron chi connectivity index (χ3n) is 3.02. The van der Waals surface area contributed by atoms with Gasteiger partial charge in [-0.2, -0.15) is 0 Å². The van der Waals surface area contributed by atoms with Crippen LogP contribution < -0.4 is 10.5 Å². The first kappa shape index (κ1) is 13.9. The normalized spacial score (nSPS) is 10.8. The highest BCUT2D eigenvalue weighted by Crippen LogP contribution is 2.35. The monoisotopic (exact) mass is 319 g/mol. The van der Waals surface area contributed by atoms with Crippen LogP contribution in [-0.2, 0) is 0 Å². The molecule has 0 bridgehead atoms. The van der Waals surface area contributed by atoms with Gasteiger partial charge in [0.1, 0.15) is 11.5 Å². The van der Waals surface area contributed by atoms with Crippen molar-refractivity contribution in [2.45, 2.75) is 26.7 Å². The minimum atomic E-state index is 0.403. The second kappa shape index (κ2) is 5.66. The first-order chi connectivity index (χ1) is 8.97. The number of nitrogen functional groups attached to an aromatic ring is 1. The van der Waals surface area contributed by atoms with Crippen LogP contribution in [0.3, 0.4) is 0 Å². The Labute approximate surface area is 122 Å². The molecule has 2 rings (SSSR count). The Kier molecular flexibility index (Phi) is 4.15. The molecule has 100 valence electrons. The van der Waals surface area contributed by atoms with Crippen molar-refractivity contribution in [3.05, 3.63) is 52.0 Å². The van der Waals surface area contributed by atoms with Crippen molar-refractivity contribution in [2.24, 2.45) is 0 Å².